The highest BCUT2D eigenvalue weighted by atomic mass is 32.2. The Morgan fingerprint density at radius 1 is 0.941 bits per heavy atom. The van der Waals surface area contributed by atoms with Crippen molar-refractivity contribution in [3.8, 4) is 5.75 Å². The minimum atomic E-state index is 0.395. The standard InChI is InChI=1S/C14H10OS2/c15-13-12(17-11-4-2-1-3-5-11)7-6-10-8-9-16-14(10)13/h1-9,15H. The molecule has 0 aliphatic rings. The number of rotatable bonds is 2. The lowest BCUT2D eigenvalue weighted by Gasteiger charge is -2.05. The monoisotopic (exact) mass is 258 g/mol. The zero-order chi connectivity index (χ0) is 11.7. The second-order valence-electron chi connectivity index (χ2n) is 3.67. The first-order valence-electron chi connectivity index (χ1n) is 5.27. The van der Waals surface area contributed by atoms with Crippen LogP contribution in [0.25, 0.3) is 10.1 Å². The van der Waals surface area contributed by atoms with Gasteiger partial charge in [-0.3, -0.25) is 0 Å². The lowest BCUT2D eigenvalue weighted by Crippen LogP contribution is -1.75. The van der Waals surface area contributed by atoms with Crippen LogP contribution in [0.2, 0.25) is 0 Å². The Hall–Kier alpha value is -1.45. The van der Waals surface area contributed by atoms with Gasteiger partial charge < -0.3 is 5.11 Å². The van der Waals surface area contributed by atoms with Crippen molar-refractivity contribution in [2.75, 3.05) is 0 Å². The lowest BCUT2D eigenvalue weighted by molar-refractivity contribution is 0.470. The van der Waals surface area contributed by atoms with Crippen LogP contribution < -0.4 is 0 Å². The number of phenolic OH excluding ortho intramolecular Hbond substituents is 1. The van der Waals surface area contributed by atoms with Crippen LogP contribution >= 0.6 is 23.1 Å². The van der Waals surface area contributed by atoms with Crippen LogP contribution in [0.4, 0.5) is 0 Å². The number of phenols is 1. The van der Waals surface area contributed by atoms with Crippen molar-refractivity contribution in [3.63, 3.8) is 0 Å². The van der Waals surface area contributed by atoms with E-state index < -0.39 is 0 Å². The van der Waals surface area contributed by atoms with E-state index in [2.05, 4.69) is 6.07 Å². The van der Waals surface area contributed by atoms with E-state index in [4.69, 9.17) is 0 Å². The van der Waals surface area contributed by atoms with E-state index in [0.717, 1.165) is 19.9 Å². The fraction of sp³-hybridized carbons (Fsp3) is 0. The highest BCUT2D eigenvalue weighted by molar-refractivity contribution is 7.99. The molecule has 3 aromatic rings. The first-order valence-corrected chi connectivity index (χ1v) is 6.96. The summed E-state index contributed by atoms with van der Waals surface area (Å²) < 4.78 is 0.964. The number of aromatic hydroxyl groups is 1. The molecule has 0 spiro atoms. The molecule has 0 atom stereocenters. The number of hydrogen-bond donors (Lipinski definition) is 1. The van der Waals surface area contributed by atoms with E-state index in [1.165, 1.54) is 0 Å². The van der Waals surface area contributed by atoms with Crippen molar-refractivity contribution in [3.05, 3.63) is 53.9 Å². The summed E-state index contributed by atoms with van der Waals surface area (Å²) in [6, 6.07) is 16.1. The maximum absolute atomic E-state index is 10.2. The van der Waals surface area contributed by atoms with Crippen LogP contribution in [0.15, 0.2) is 63.7 Å². The lowest BCUT2D eigenvalue weighted by atomic mass is 10.2. The maximum atomic E-state index is 10.2. The van der Waals surface area contributed by atoms with Gasteiger partial charge in [0.1, 0.15) is 5.75 Å². The molecule has 17 heavy (non-hydrogen) atoms. The summed E-state index contributed by atoms with van der Waals surface area (Å²) in [6.07, 6.45) is 0. The molecule has 0 fully saturated rings. The molecule has 0 amide bonds. The van der Waals surface area contributed by atoms with Crippen molar-refractivity contribution < 1.29 is 5.11 Å². The van der Waals surface area contributed by atoms with E-state index in [0.29, 0.717) is 5.75 Å². The topological polar surface area (TPSA) is 20.2 Å². The van der Waals surface area contributed by atoms with Gasteiger partial charge in [-0.25, -0.2) is 0 Å². The molecule has 1 nitrogen and oxygen atoms in total. The SMILES string of the molecule is Oc1c(Sc2ccccc2)ccc2ccsc12. The zero-order valence-electron chi connectivity index (χ0n) is 8.96. The predicted molar refractivity (Wildman–Crippen MR) is 74.1 cm³/mol. The molecule has 0 bridgehead atoms. The van der Waals surface area contributed by atoms with Gasteiger partial charge >= 0.3 is 0 Å². The smallest absolute Gasteiger partial charge is 0.147 e. The van der Waals surface area contributed by atoms with Gasteiger partial charge in [0.15, 0.2) is 0 Å². The second-order valence-corrected chi connectivity index (χ2v) is 5.70. The van der Waals surface area contributed by atoms with E-state index in [-0.39, 0.29) is 0 Å². The molecule has 3 rings (SSSR count). The highest BCUT2D eigenvalue weighted by Crippen LogP contribution is 2.40. The van der Waals surface area contributed by atoms with Gasteiger partial charge in [-0.05, 0) is 35.0 Å². The van der Waals surface area contributed by atoms with Gasteiger partial charge in [0.2, 0.25) is 0 Å². The second kappa shape index (κ2) is 4.43. The average molecular weight is 258 g/mol. The summed E-state index contributed by atoms with van der Waals surface area (Å²) in [6.45, 7) is 0. The summed E-state index contributed by atoms with van der Waals surface area (Å²) in [5.41, 5.74) is 0. The van der Waals surface area contributed by atoms with Crippen LogP contribution in [-0.4, -0.2) is 5.11 Å². The van der Waals surface area contributed by atoms with Crippen molar-refractivity contribution >= 4 is 33.2 Å². The van der Waals surface area contributed by atoms with E-state index in [9.17, 15) is 5.11 Å². The predicted octanol–water partition coefficient (Wildman–Crippen LogP) is 4.76. The van der Waals surface area contributed by atoms with Crippen molar-refractivity contribution in [2.45, 2.75) is 9.79 Å². The number of benzene rings is 2. The molecular weight excluding hydrogens is 248 g/mol. The fourth-order valence-corrected chi connectivity index (χ4v) is 3.49. The molecule has 84 valence electrons. The number of hydrogen-bond acceptors (Lipinski definition) is 3. The normalized spacial score (nSPS) is 10.8. The fourth-order valence-electron chi connectivity index (χ4n) is 1.70. The third-order valence-electron chi connectivity index (χ3n) is 2.53. The molecule has 0 unspecified atom stereocenters. The van der Waals surface area contributed by atoms with Crippen LogP contribution in [0.1, 0.15) is 0 Å². The Bertz CT molecular complexity index is 644. The summed E-state index contributed by atoms with van der Waals surface area (Å²) in [5, 5.41) is 13.3. The summed E-state index contributed by atoms with van der Waals surface area (Å²) in [4.78, 5) is 2.05. The van der Waals surface area contributed by atoms with E-state index >= 15 is 0 Å². The van der Waals surface area contributed by atoms with Gasteiger partial charge in [0, 0.05) is 4.90 Å². The molecule has 0 saturated carbocycles. The molecule has 0 aliphatic heterocycles. The first-order chi connectivity index (χ1) is 8.34. The Morgan fingerprint density at radius 3 is 2.59 bits per heavy atom. The molecule has 1 heterocycles. The minimum absolute atomic E-state index is 0.395. The van der Waals surface area contributed by atoms with Gasteiger partial charge in [-0.15, -0.1) is 11.3 Å². The third kappa shape index (κ3) is 2.04. The summed E-state index contributed by atoms with van der Waals surface area (Å²) in [7, 11) is 0. The average Bonchev–Trinajstić information content (AvgIpc) is 2.83. The Balaban J connectivity index is 2.03. The van der Waals surface area contributed by atoms with Crippen LogP contribution in [-0.2, 0) is 0 Å². The van der Waals surface area contributed by atoms with Gasteiger partial charge in [-0.1, -0.05) is 36.0 Å². The Kier molecular flexibility index (Phi) is 2.79. The number of thiophene rings is 1. The van der Waals surface area contributed by atoms with Gasteiger partial charge in [0.25, 0.3) is 0 Å². The quantitative estimate of drug-likeness (QED) is 0.715. The third-order valence-corrected chi connectivity index (χ3v) is 4.52. The first kappa shape index (κ1) is 10.7. The van der Waals surface area contributed by atoms with Crippen molar-refractivity contribution in [2.24, 2.45) is 0 Å². The molecule has 0 radical (unpaired) electrons. The highest BCUT2D eigenvalue weighted by Gasteiger charge is 2.08. The van der Waals surface area contributed by atoms with Crippen molar-refractivity contribution in [1.29, 1.82) is 0 Å². The molecule has 1 aromatic heterocycles. The van der Waals surface area contributed by atoms with E-state index in [1.807, 2.05) is 47.8 Å². The summed E-state index contributed by atoms with van der Waals surface area (Å²) >= 11 is 3.16. The van der Waals surface area contributed by atoms with Crippen LogP contribution in [0.3, 0.4) is 0 Å². The number of fused-ring (bicyclic) bond motifs is 1. The molecule has 0 saturated heterocycles. The largest absolute Gasteiger partial charge is 0.505 e. The van der Waals surface area contributed by atoms with E-state index in [1.54, 1.807) is 23.1 Å². The van der Waals surface area contributed by atoms with Gasteiger partial charge in [-0.2, -0.15) is 0 Å². The molecule has 1 N–H and O–H groups in total. The molecule has 0 aliphatic carbocycles. The van der Waals surface area contributed by atoms with Crippen molar-refractivity contribution in [1.82, 2.24) is 0 Å². The summed E-state index contributed by atoms with van der Waals surface area (Å²) in [5.74, 6) is 0.395. The van der Waals surface area contributed by atoms with Crippen LogP contribution in [0.5, 0.6) is 5.75 Å². The van der Waals surface area contributed by atoms with Gasteiger partial charge in [0.05, 0.1) is 9.60 Å². The Labute approximate surface area is 108 Å². The maximum Gasteiger partial charge on any atom is 0.147 e. The molecule has 3 heteroatoms. The zero-order valence-corrected chi connectivity index (χ0v) is 10.6. The minimum Gasteiger partial charge on any atom is -0.505 e. The Morgan fingerprint density at radius 2 is 1.76 bits per heavy atom. The molecular formula is C14H10OS2. The molecule has 2 aromatic carbocycles. The van der Waals surface area contributed by atoms with Crippen LogP contribution in [0, 0.1) is 0 Å².